The molecule has 0 unspecified atom stereocenters. The van der Waals surface area contributed by atoms with Crippen molar-refractivity contribution in [3.8, 4) is 11.5 Å². The molecule has 0 N–H and O–H groups in total. The zero-order chi connectivity index (χ0) is 13.8. The third-order valence-corrected chi connectivity index (χ3v) is 4.67. The Balaban J connectivity index is 2.33. The van der Waals surface area contributed by atoms with Gasteiger partial charge < -0.3 is 14.2 Å². The van der Waals surface area contributed by atoms with Gasteiger partial charge in [-0.3, -0.25) is 0 Å². The van der Waals surface area contributed by atoms with E-state index in [0.717, 1.165) is 11.3 Å². The normalized spacial score (nSPS) is 18.1. The first-order chi connectivity index (χ1) is 9.19. The van der Waals surface area contributed by atoms with Crippen LogP contribution in [-0.2, 0) is 15.7 Å². The number of hydrogen-bond donors (Lipinski definition) is 0. The Morgan fingerprint density at radius 2 is 1.89 bits per heavy atom. The second-order valence-electron chi connectivity index (χ2n) is 4.21. The van der Waals surface area contributed by atoms with Gasteiger partial charge in [0.1, 0.15) is 22.5 Å². The highest BCUT2D eigenvalue weighted by molar-refractivity contribution is 7.82. The maximum Gasteiger partial charge on any atom is 0.142 e. The predicted molar refractivity (Wildman–Crippen MR) is 73.1 cm³/mol. The quantitative estimate of drug-likeness (QED) is 0.838. The molecule has 1 heterocycles. The summed E-state index contributed by atoms with van der Waals surface area (Å²) in [5, 5.41) is 0. The van der Waals surface area contributed by atoms with Crippen LogP contribution in [0.2, 0.25) is 0 Å². The first kappa shape index (κ1) is 14.3. The zero-order valence-electron chi connectivity index (χ0n) is 11.5. The average Bonchev–Trinajstić information content (AvgIpc) is 2.47. The Labute approximate surface area is 116 Å². The van der Waals surface area contributed by atoms with Crippen molar-refractivity contribution in [2.24, 2.45) is 0 Å². The van der Waals surface area contributed by atoms with Gasteiger partial charge in [0.2, 0.25) is 0 Å². The minimum absolute atomic E-state index is 0.614. The van der Waals surface area contributed by atoms with Crippen LogP contribution in [0.4, 0.5) is 0 Å². The molecule has 0 radical (unpaired) electrons. The molecule has 0 spiro atoms. The van der Waals surface area contributed by atoms with Gasteiger partial charge in [0.05, 0.1) is 32.3 Å². The molecule has 1 atom stereocenters. The third kappa shape index (κ3) is 2.91. The fraction of sp³-hybridized carbons (Fsp3) is 0.538. The van der Waals surface area contributed by atoms with Gasteiger partial charge in [-0.15, -0.1) is 0 Å². The Hall–Kier alpha value is -1.11. The van der Waals surface area contributed by atoms with Gasteiger partial charge in [-0.05, 0) is 19.1 Å². The smallest absolute Gasteiger partial charge is 0.142 e. The largest absolute Gasteiger partial charge is 0.496 e. The molecule has 19 heavy (non-hydrogen) atoms. The minimum Gasteiger partial charge on any atom is -0.496 e. The van der Waals surface area contributed by atoms with E-state index >= 15 is 0 Å². The van der Waals surface area contributed by atoms with Gasteiger partial charge in [0.15, 0.2) is 0 Å². The summed E-state index contributed by atoms with van der Waals surface area (Å²) >= 11 is 0. The predicted octanol–water partition coefficient (Wildman–Crippen LogP) is 1.37. The molecule has 1 saturated heterocycles. The SMILES string of the molecule is COc1ccc([S@@](=O)N2CCOCC2)c(OC)c1C. The van der Waals surface area contributed by atoms with Crippen molar-refractivity contribution in [1.29, 1.82) is 0 Å². The molecule has 2 rings (SSSR count). The standard InChI is InChI=1S/C13H19NO4S/c1-10-11(16-2)4-5-12(13(10)17-3)19(15)14-6-8-18-9-7-14/h4-5H,6-9H2,1-3H3/t19-/m1/s1. The molecule has 0 aliphatic carbocycles. The van der Waals surface area contributed by atoms with Crippen LogP contribution in [0, 0.1) is 6.92 Å². The molecule has 0 bridgehead atoms. The second kappa shape index (κ2) is 6.36. The lowest BCUT2D eigenvalue weighted by Crippen LogP contribution is -2.37. The van der Waals surface area contributed by atoms with Crippen LogP contribution in [-0.4, -0.2) is 49.0 Å². The molecule has 0 aromatic heterocycles. The second-order valence-corrected chi connectivity index (χ2v) is 5.67. The summed E-state index contributed by atoms with van der Waals surface area (Å²) in [5.74, 6) is 1.36. The van der Waals surface area contributed by atoms with Crippen LogP contribution in [0.5, 0.6) is 11.5 Å². The molecule has 6 heteroatoms. The van der Waals surface area contributed by atoms with Crippen LogP contribution in [0.15, 0.2) is 17.0 Å². The molecule has 0 amide bonds. The van der Waals surface area contributed by atoms with Crippen molar-refractivity contribution in [2.75, 3.05) is 40.5 Å². The Kier molecular flexibility index (Phi) is 4.79. The number of morpholine rings is 1. The molecule has 1 aliphatic heterocycles. The highest BCUT2D eigenvalue weighted by Crippen LogP contribution is 2.34. The van der Waals surface area contributed by atoms with Crippen molar-refractivity contribution in [3.05, 3.63) is 17.7 Å². The monoisotopic (exact) mass is 285 g/mol. The van der Waals surface area contributed by atoms with Crippen LogP contribution < -0.4 is 9.47 Å². The van der Waals surface area contributed by atoms with Crippen LogP contribution in [0.1, 0.15) is 5.56 Å². The van der Waals surface area contributed by atoms with E-state index in [1.165, 1.54) is 0 Å². The average molecular weight is 285 g/mol. The number of ether oxygens (including phenoxy) is 3. The van der Waals surface area contributed by atoms with Crippen LogP contribution >= 0.6 is 0 Å². The lowest BCUT2D eigenvalue weighted by atomic mass is 10.2. The Bertz CT molecular complexity index is 472. The number of nitrogens with zero attached hydrogens (tertiary/aromatic N) is 1. The first-order valence-corrected chi connectivity index (χ1v) is 7.26. The number of benzene rings is 1. The van der Waals surface area contributed by atoms with Gasteiger partial charge in [0.25, 0.3) is 0 Å². The summed E-state index contributed by atoms with van der Waals surface area (Å²) in [4.78, 5) is 0.683. The summed E-state index contributed by atoms with van der Waals surface area (Å²) in [6.07, 6.45) is 0. The van der Waals surface area contributed by atoms with Crippen molar-refractivity contribution in [3.63, 3.8) is 0 Å². The molecule has 1 aromatic rings. The molecule has 0 saturated carbocycles. The maximum atomic E-state index is 12.6. The van der Waals surface area contributed by atoms with E-state index in [2.05, 4.69) is 0 Å². The highest BCUT2D eigenvalue weighted by atomic mass is 32.2. The summed E-state index contributed by atoms with van der Waals surface area (Å²) in [5.41, 5.74) is 0.865. The highest BCUT2D eigenvalue weighted by Gasteiger charge is 2.23. The molecule has 1 fully saturated rings. The van der Waals surface area contributed by atoms with Crippen molar-refractivity contribution in [2.45, 2.75) is 11.8 Å². The van der Waals surface area contributed by atoms with E-state index in [1.807, 2.05) is 17.3 Å². The summed E-state index contributed by atoms with van der Waals surface area (Å²) in [6, 6.07) is 3.63. The van der Waals surface area contributed by atoms with Gasteiger partial charge in [-0.2, -0.15) is 0 Å². The van der Waals surface area contributed by atoms with Gasteiger partial charge in [-0.25, -0.2) is 8.51 Å². The molecule has 1 aliphatic rings. The van der Waals surface area contributed by atoms with Crippen molar-refractivity contribution >= 4 is 11.0 Å². The van der Waals surface area contributed by atoms with Gasteiger partial charge in [-0.1, -0.05) is 0 Å². The van der Waals surface area contributed by atoms with E-state index in [9.17, 15) is 4.21 Å². The molecular weight excluding hydrogens is 266 g/mol. The number of methoxy groups -OCH3 is 2. The fourth-order valence-corrected chi connectivity index (χ4v) is 3.45. The van der Waals surface area contributed by atoms with E-state index in [4.69, 9.17) is 14.2 Å². The molecular formula is C13H19NO4S. The lowest BCUT2D eigenvalue weighted by molar-refractivity contribution is 0.0751. The van der Waals surface area contributed by atoms with Crippen LogP contribution in [0.25, 0.3) is 0 Å². The Morgan fingerprint density at radius 3 is 2.47 bits per heavy atom. The number of hydrogen-bond acceptors (Lipinski definition) is 4. The van der Waals surface area contributed by atoms with Crippen molar-refractivity contribution in [1.82, 2.24) is 4.31 Å². The Morgan fingerprint density at radius 1 is 1.21 bits per heavy atom. The van der Waals surface area contributed by atoms with E-state index in [1.54, 1.807) is 20.3 Å². The van der Waals surface area contributed by atoms with Gasteiger partial charge >= 0.3 is 0 Å². The first-order valence-electron chi connectivity index (χ1n) is 6.15. The van der Waals surface area contributed by atoms with E-state index in [-0.39, 0.29) is 0 Å². The molecule has 106 valence electrons. The molecule has 1 aromatic carbocycles. The van der Waals surface area contributed by atoms with E-state index in [0.29, 0.717) is 36.9 Å². The van der Waals surface area contributed by atoms with E-state index < -0.39 is 11.0 Å². The summed E-state index contributed by atoms with van der Waals surface area (Å²) < 4.78 is 30.4. The third-order valence-electron chi connectivity index (χ3n) is 3.14. The minimum atomic E-state index is -1.23. The fourth-order valence-electron chi connectivity index (χ4n) is 2.11. The summed E-state index contributed by atoms with van der Waals surface area (Å²) in [7, 11) is 1.97. The summed E-state index contributed by atoms with van der Waals surface area (Å²) in [6.45, 7) is 4.46. The topological polar surface area (TPSA) is 48.0 Å². The molecule has 5 nitrogen and oxygen atoms in total. The number of rotatable bonds is 4. The van der Waals surface area contributed by atoms with Crippen molar-refractivity contribution < 1.29 is 18.4 Å². The maximum absolute atomic E-state index is 12.6. The zero-order valence-corrected chi connectivity index (χ0v) is 12.3. The van der Waals surface area contributed by atoms with Gasteiger partial charge in [0, 0.05) is 18.7 Å². The van der Waals surface area contributed by atoms with Crippen LogP contribution in [0.3, 0.4) is 0 Å². The lowest BCUT2D eigenvalue weighted by Gasteiger charge is -2.26.